The number of ether oxygens (including phenoxy) is 2. The topological polar surface area (TPSA) is 81.9 Å². The highest BCUT2D eigenvalue weighted by atomic mass is 32.1. The van der Waals surface area contributed by atoms with Crippen molar-refractivity contribution in [1.82, 2.24) is 4.90 Å². The number of benzene rings is 1. The van der Waals surface area contributed by atoms with Crippen molar-refractivity contribution in [3.8, 4) is 10.4 Å². The largest absolute Gasteiger partial charge is 0.466 e. The lowest BCUT2D eigenvalue weighted by Gasteiger charge is -2.34. The minimum Gasteiger partial charge on any atom is -0.466 e. The lowest BCUT2D eigenvalue weighted by Crippen LogP contribution is -2.42. The van der Waals surface area contributed by atoms with E-state index in [1.54, 1.807) is 16.2 Å². The zero-order valence-corrected chi connectivity index (χ0v) is 21.9. The molecule has 34 heavy (non-hydrogen) atoms. The number of carbonyl (C=O) groups is 2. The van der Waals surface area contributed by atoms with Crippen LogP contribution in [0.1, 0.15) is 69.0 Å². The molecule has 1 fully saturated rings. The minimum atomic E-state index is -0.486. The van der Waals surface area contributed by atoms with Crippen molar-refractivity contribution in [3.05, 3.63) is 46.3 Å². The molecule has 6 nitrogen and oxygen atoms in total. The van der Waals surface area contributed by atoms with Crippen LogP contribution in [-0.4, -0.2) is 42.3 Å². The summed E-state index contributed by atoms with van der Waals surface area (Å²) in [5.74, 6) is 0.200. The first-order valence-corrected chi connectivity index (χ1v) is 13.0. The number of nitrogens with two attached hydrogens (primary N) is 1. The highest BCUT2D eigenvalue weighted by Crippen LogP contribution is 2.37. The van der Waals surface area contributed by atoms with E-state index in [-0.39, 0.29) is 24.5 Å². The van der Waals surface area contributed by atoms with Crippen molar-refractivity contribution < 1.29 is 19.1 Å². The van der Waals surface area contributed by atoms with Gasteiger partial charge in [0.1, 0.15) is 5.60 Å². The molecule has 0 saturated carbocycles. The second-order valence-electron chi connectivity index (χ2n) is 10.1. The van der Waals surface area contributed by atoms with Crippen molar-refractivity contribution in [2.75, 3.05) is 19.7 Å². The monoisotopic (exact) mass is 486 g/mol. The molecule has 186 valence electrons. The predicted octanol–water partition coefficient (Wildman–Crippen LogP) is 5.87. The average molecular weight is 487 g/mol. The molecule has 2 heterocycles. The molecule has 0 aliphatic carbocycles. The third-order valence-electron chi connectivity index (χ3n) is 6.04. The van der Waals surface area contributed by atoms with Gasteiger partial charge in [-0.25, -0.2) is 4.79 Å². The Kier molecular flexibility index (Phi) is 8.77. The summed E-state index contributed by atoms with van der Waals surface area (Å²) in [6, 6.07) is 10.4. The van der Waals surface area contributed by atoms with E-state index in [9.17, 15) is 9.59 Å². The van der Waals surface area contributed by atoms with Crippen LogP contribution in [0.25, 0.3) is 10.4 Å². The third-order valence-corrected chi connectivity index (χ3v) is 7.24. The number of hydrogen-bond donors (Lipinski definition) is 1. The Balaban J connectivity index is 1.69. The summed E-state index contributed by atoms with van der Waals surface area (Å²) >= 11 is 1.62. The van der Waals surface area contributed by atoms with E-state index in [0.717, 1.165) is 40.1 Å². The number of likely N-dealkylation sites (tertiary alicyclic amines) is 1. The van der Waals surface area contributed by atoms with Crippen LogP contribution in [0.2, 0.25) is 0 Å². The van der Waals surface area contributed by atoms with Gasteiger partial charge < -0.3 is 20.1 Å². The molecule has 1 saturated heterocycles. The quantitative estimate of drug-likeness (QED) is 0.495. The van der Waals surface area contributed by atoms with Crippen LogP contribution in [0.4, 0.5) is 4.79 Å². The van der Waals surface area contributed by atoms with Crippen LogP contribution in [0.15, 0.2) is 30.3 Å². The van der Waals surface area contributed by atoms with Crippen LogP contribution in [-0.2, 0) is 20.7 Å². The number of amides is 1. The lowest BCUT2D eigenvalue weighted by atomic mass is 9.88. The summed E-state index contributed by atoms with van der Waals surface area (Å²) in [5.41, 5.74) is 9.60. The normalized spacial score (nSPS) is 15.8. The summed E-state index contributed by atoms with van der Waals surface area (Å²) in [6.45, 7) is 11.3. The van der Waals surface area contributed by atoms with Gasteiger partial charge in [0.05, 0.1) is 13.0 Å². The van der Waals surface area contributed by atoms with E-state index < -0.39 is 5.60 Å². The van der Waals surface area contributed by atoms with Gasteiger partial charge in [0.2, 0.25) is 0 Å². The van der Waals surface area contributed by atoms with Gasteiger partial charge >= 0.3 is 12.1 Å². The van der Waals surface area contributed by atoms with E-state index in [0.29, 0.717) is 25.6 Å². The molecule has 1 atom stereocenters. The average Bonchev–Trinajstić information content (AvgIpc) is 3.17. The molecule has 1 aromatic heterocycles. The molecule has 0 spiro atoms. The van der Waals surface area contributed by atoms with Gasteiger partial charge in [0, 0.05) is 28.9 Å². The summed E-state index contributed by atoms with van der Waals surface area (Å²) in [6.07, 6.45) is 2.61. The van der Waals surface area contributed by atoms with Gasteiger partial charge in [-0.1, -0.05) is 29.8 Å². The number of hydrogen-bond acceptors (Lipinski definition) is 6. The summed E-state index contributed by atoms with van der Waals surface area (Å²) < 4.78 is 10.7. The van der Waals surface area contributed by atoms with Crippen LogP contribution in [0.3, 0.4) is 0 Å². The first kappa shape index (κ1) is 26.2. The standard InChI is InChI=1S/C27H38N2O4S/c1-6-32-25(30)17-24-21(16-23(34-24)20-9-7-18(2)8-10-20)22(28)15-19-11-13-29(14-12-19)26(31)33-27(3,4)5/h7-10,16,19,22H,6,11-15,17,28H2,1-5H3. The first-order chi connectivity index (χ1) is 16.1. The van der Waals surface area contributed by atoms with Gasteiger partial charge in [-0.3, -0.25) is 4.79 Å². The zero-order chi connectivity index (χ0) is 24.9. The number of nitrogens with zero attached hydrogens (tertiary/aromatic N) is 1. The van der Waals surface area contributed by atoms with Crippen molar-refractivity contribution in [2.24, 2.45) is 11.7 Å². The van der Waals surface area contributed by atoms with E-state index in [4.69, 9.17) is 15.2 Å². The number of thiophene rings is 1. The molecule has 1 amide bonds. The Morgan fingerprint density at radius 1 is 1.18 bits per heavy atom. The maximum atomic E-state index is 12.4. The van der Waals surface area contributed by atoms with E-state index >= 15 is 0 Å². The molecule has 1 aliphatic rings. The molecule has 3 rings (SSSR count). The van der Waals surface area contributed by atoms with Crippen LogP contribution in [0, 0.1) is 12.8 Å². The summed E-state index contributed by atoms with van der Waals surface area (Å²) in [4.78, 5) is 28.5. The molecular weight excluding hydrogens is 448 g/mol. The van der Waals surface area contributed by atoms with Crippen molar-refractivity contribution in [2.45, 2.75) is 71.9 Å². The second-order valence-corrected chi connectivity index (χ2v) is 11.2. The molecule has 1 aliphatic heterocycles. The fourth-order valence-corrected chi connectivity index (χ4v) is 5.49. The molecule has 2 aromatic rings. The Labute approximate surface area is 207 Å². The van der Waals surface area contributed by atoms with Gasteiger partial charge in [0.25, 0.3) is 0 Å². The molecule has 7 heteroatoms. The Hall–Kier alpha value is -2.38. The van der Waals surface area contributed by atoms with E-state index in [1.165, 1.54) is 5.56 Å². The fraction of sp³-hybridized carbons (Fsp3) is 0.556. The van der Waals surface area contributed by atoms with Crippen LogP contribution >= 0.6 is 11.3 Å². The molecule has 1 unspecified atom stereocenters. The summed E-state index contributed by atoms with van der Waals surface area (Å²) in [7, 11) is 0. The molecule has 0 bridgehead atoms. The fourth-order valence-electron chi connectivity index (χ4n) is 4.26. The van der Waals surface area contributed by atoms with Crippen molar-refractivity contribution >= 4 is 23.4 Å². The highest BCUT2D eigenvalue weighted by molar-refractivity contribution is 7.15. The van der Waals surface area contributed by atoms with Gasteiger partial charge in [-0.15, -0.1) is 11.3 Å². The van der Waals surface area contributed by atoms with Crippen molar-refractivity contribution in [3.63, 3.8) is 0 Å². The lowest BCUT2D eigenvalue weighted by molar-refractivity contribution is -0.142. The molecular formula is C27H38N2O4S. The molecule has 2 N–H and O–H groups in total. The number of carbonyl (C=O) groups excluding carboxylic acids is 2. The molecule has 0 radical (unpaired) electrons. The summed E-state index contributed by atoms with van der Waals surface area (Å²) in [5, 5.41) is 0. The smallest absolute Gasteiger partial charge is 0.410 e. The SMILES string of the molecule is CCOC(=O)Cc1sc(-c2ccc(C)cc2)cc1C(N)CC1CCN(C(=O)OC(C)(C)C)CC1. The molecule has 1 aromatic carbocycles. The van der Waals surface area contributed by atoms with E-state index in [1.807, 2.05) is 27.7 Å². The van der Waals surface area contributed by atoms with Gasteiger partial charge in [0.15, 0.2) is 0 Å². The highest BCUT2D eigenvalue weighted by Gasteiger charge is 2.29. The van der Waals surface area contributed by atoms with Gasteiger partial charge in [-0.05, 0) is 77.0 Å². The minimum absolute atomic E-state index is 0.169. The first-order valence-electron chi connectivity index (χ1n) is 12.1. The number of esters is 1. The van der Waals surface area contributed by atoms with Crippen LogP contribution in [0.5, 0.6) is 0 Å². The maximum absolute atomic E-state index is 12.4. The van der Waals surface area contributed by atoms with Gasteiger partial charge in [-0.2, -0.15) is 0 Å². The maximum Gasteiger partial charge on any atom is 0.410 e. The Morgan fingerprint density at radius 2 is 1.82 bits per heavy atom. The number of aryl methyl sites for hydroxylation is 1. The zero-order valence-electron chi connectivity index (χ0n) is 21.1. The third kappa shape index (κ3) is 7.31. The van der Waals surface area contributed by atoms with E-state index in [2.05, 4.69) is 37.3 Å². The number of piperidine rings is 1. The Bertz CT molecular complexity index is 970. The van der Waals surface area contributed by atoms with Crippen molar-refractivity contribution in [1.29, 1.82) is 0 Å². The second kappa shape index (κ2) is 11.4. The Morgan fingerprint density at radius 3 is 2.41 bits per heavy atom. The number of rotatable bonds is 7. The van der Waals surface area contributed by atoms with Crippen LogP contribution < -0.4 is 5.73 Å². The predicted molar refractivity (Wildman–Crippen MR) is 137 cm³/mol.